The van der Waals surface area contributed by atoms with E-state index in [9.17, 15) is 0 Å². The van der Waals surface area contributed by atoms with Crippen LogP contribution in [0.1, 0.15) is 45.7 Å². The zero-order chi connectivity index (χ0) is 15.7. The zero-order valence-corrected chi connectivity index (χ0v) is 13.7. The molecule has 0 amide bonds. The van der Waals surface area contributed by atoms with Crippen molar-refractivity contribution in [2.24, 2.45) is 0 Å². The molecule has 0 aliphatic carbocycles. The summed E-state index contributed by atoms with van der Waals surface area (Å²) >= 11 is 0. The zero-order valence-electron chi connectivity index (χ0n) is 13.7. The first-order valence-corrected chi connectivity index (χ1v) is 7.93. The topological polar surface area (TPSA) is 36.3 Å². The van der Waals surface area contributed by atoms with Gasteiger partial charge in [-0.3, -0.25) is 4.68 Å². The smallest absolute Gasteiger partial charge is 0.402 e. The van der Waals surface area contributed by atoms with E-state index in [-0.39, 0.29) is 24.9 Å². The largest absolute Gasteiger partial charge is 0.497 e. The minimum atomic E-state index is -0.327. The summed E-state index contributed by atoms with van der Waals surface area (Å²) in [6.45, 7) is 8.33. The van der Waals surface area contributed by atoms with E-state index in [0.717, 1.165) is 11.9 Å². The van der Waals surface area contributed by atoms with E-state index in [0.29, 0.717) is 0 Å². The maximum atomic E-state index is 6.00. The molecular weight excluding hydrogens is 275 g/mol. The molecule has 0 saturated carbocycles. The van der Waals surface area contributed by atoms with Crippen LogP contribution >= 0.6 is 0 Å². The molecule has 1 fully saturated rings. The molecule has 22 heavy (non-hydrogen) atoms. The molecule has 2 heterocycles. The van der Waals surface area contributed by atoms with Gasteiger partial charge in [-0.05, 0) is 32.8 Å². The van der Waals surface area contributed by atoms with Gasteiger partial charge in [0.05, 0.1) is 17.7 Å². The summed E-state index contributed by atoms with van der Waals surface area (Å²) in [5.41, 5.74) is 1.98. The highest BCUT2D eigenvalue weighted by Crippen LogP contribution is 2.27. The van der Waals surface area contributed by atoms with Crippen LogP contribution in [0.4, 0.5) is 0 Å². The van der Waals surface area contributed by atoms with Crippen LogP contribution in [0.5, 0.6) is 0 Å². The molecule has 0 radical (unpaired) electrons. The molecule has 1 saturated heterocycles. The van der Waals surface area contributed by atoms with Gasteiger partial charge in [0.15, 0.2) is 0 Å². The maximum absolute atomic E-state index is 6.00. The Hall–Kier alpha value is -1.59. The van der Waals surface area contributed by atoms with Crippen molar-refractivity contribution in [3.05, 3.63) is 48.3 Å². The molecule has 1 aliphatic heterocycles. The van der Waals surface area contributed by atoms with Crippen molar-refractivity contribution in [3.63, 3.8) is 0 Å². The van der Waals surface area contributed by atoms with Crippen LogP contribution in [0.25, 0.3) is 0 Å². The molecule has 2 atom stereocenters. The van der Waals surface area contributed by atoms with Crippen LogP contribution in [0.3, 0.4) is 0 Å². The third kappa shape index (κ3) is 2.83. The normalized spacial score (nSPS) is 22.0. The molecule has 1 aromatic heterocycles. The minimum Gasteiger partial charge on any atom is -0.402 e. The number of hydrogen-bond donors (Lipinski definition) is 0. The monoisotopic (exact) mass is 298 g/mol. The quantitative estimate of drug-likeness (QED) is 0.814. The number of hydrogen-bond acceptors (Lipinski definition) is 3. The van der Waals surface area contributed by atoms with Gasteiger partial charge in [0.1, 0.15) is 0 Å². The number of rotatable bonds is 4. The Bertz CT molecular complexity index is 627. The standard InChI is InChI=1S/C17H23BN2O2/c1-5-16(14-9-7-6-8-10-14)20-12-15(11-19-20)18-21-13(2)17(3,4)22-18/h6-13,16H,5H2,1-4H3. The maximum Gasteiger partial charge on any atom is 0.497 e. The predicted octanol–water partition coefficient (Wildman–Crippen LogP) is 2.79. The van der Waals surface area contributed by atoms with E-state index in [4.69, 9.17) is 9.31 Å². The molecule has 5 heteroatoms. The average molecular weight is 298 g/mol. The van der Waals surface area contributed by atoms with Gasteiger partial charge in [-0.1, -0.05) is 37.3 Å². The molecule has 3 rings (SSSR count). The second kappa shape index (κ2) is 5.90. The summed E-state index contributed by atoms with van der Waals surface area (Å²) in [7, 11) is -0.327. The van der Waals surface area contributed by atoms with Gasteiger partial charge in [0.25, 0.3) is 0 Å². The molecule has 2 unspecified atom stereocenters. The summed E-state index contributed by atoms with van der Waals surface area (Å²) in [5.74, 6) is 0. The van der Waals surface area contributed by atoms with Gasteiger partial charge < -0.3 is 9.31 Å². The lowest BCUT2D eigenvalue weighted by Crippen LogP contribution is -2.34. The van der Waals surface area contributed by atoms with Crippen molar-refractivity contribution in [1.29, 1.82) is 0 Å². The SMILES string of the molecule is CCC(c1ccccc1)n1cc(B2OC(C)C(C)(C)O2)cn1. The lowest BCUT2D eigenvalue weighted by Gasteiger charge is -2.21. The highest BCUT2D eigenvalue weighted by Gasteiger charge is 2.44. The fraction of sp³-hybridized carbons (Fsp3) is 0.471. The summed E-state index contributed by atoms with van der Waals surface area (Å²) < 4.78 is 13.9. The lowest BCUT2D eigenvalue weighted by atomic mass is 9.82. The molecule has 1 aromatic carbocycles. The van der Waals surface area contributed by atoms with Crippen molar-refractivity contribution in [2.45, 2.75) is 51.9 Å². The third-order valence-corrected chi connectivity index (χ3v) is 4.50. The van der Waals surface area contributed by atoms with Crippen LogP contribution in [-0.2, 0) is 9.31 Å². The van der Waals surface area contributed by atoms with Crippen molar-refractivity contribution >= 4 is 12.6 Å². The molecule has 0 spiro atoms. The predicted molar refractivity (Wildman–Crippen MR) is 88.2 cm³/mol. The van der Waals surface area contributed by atoms with Crippen LogP contribution in [0.2, 0.25) is 0 Å². The summed E-state index contributed by atoms with van der Waals surface area (Å²) in [4.78, 5) is 0. The molecule has 0 N–H and O–H groups in total. The van der Waals surface area contributed by atoms with E-state index in [1.165, 1.54) is 5.56 Å². The van der Waals surface area contributed by atoms with Crippen LogP contribution in [0.15, 0.2) is 42.7 Å². The van der Waals surface area contributed by atoms with Crippen LogP contribution in [-0.4, -0.2) is 28.6 Å². The van der Waals surface area contributed by atoms with E-state index in [1.807, 2.05) is 30.1 Å². The van der Waals surface area contributed by atoms with Crippen molar-refractivity contribution < 1.29 is 9.31 Å². The fourth-order valence-corrected chi connectivity index (χ4v) is 2.79. The van der Waals surface area contributed by atoms with Gasteiger partial charge in [-0.15, -0.1) is 0 Å². The van der Waals surface area contributed by atoms with Gasteiger partial charge in [-0.25, -0.2) is 0 Å². The van der Waals surface area contributed by atoms with Gasteiger partial charge in [-0.2, -0.15) is 5.10 Å². The van der Waals surface area contributed by atoms with E-state index in [2.05, 4.69) is 50.1 Å². The van der Waals surface area contributed by atoms with Gasteiger partial charge in [0, 0.05) is 17.9 Å². The minimum absolute atomic E-state index is 0.0666. The van der Waals surface area contributed by atoms with E-state index in [1.54, 1.807) is 0 Å². The summed E-state index contributed by atoms with van der Waals surface area (Å²) in [6.07, 6.45) is 4.95. The Kier molecular flexibility index (Phi) is 4.11. The van der Waals surface area contributed by atoms with Crippen molar-refractivity contribution in [2.75, 3.05) is 0 Å². The molecule has 116 valence electrons. The van der Waals surface area contributed by atoms with Crippen molar-refractivity contribution in [1.82, 2.24) is 9.78 Å². The number of nitrogens with zero attached hydrogens (tertiary/aromatic N) is 2. The highest BCUT2D eigenvalue weighted by atomic mass is 16.7. The Morgan fingerprint density at radius 1 is 1.32 bits per heavy atom. The highest BCUT2D eigenvalue weighted by molar-refractivity contribution is 6.61. The fourth-order valence-electron chi connectivity index (χ4n) is 2.79. The van der Waals surface area contributed by atoms with Crippen LogP contribution < -0.4 is 5.46 Å². The summed E-state index contributed by atoms with van der Waals surface area (Å²) in [5, 5.41) is 4.54. The van der Waals surface area contributed by atoms with Gasteiger partial charge in [0.2, 0.25) is 0 Å². The first-order valence-electron chi connectivity index (χ1n) is 7.93. The molecule has 0 bridgehead atoms. The third-order valence-electron chi connectivity index (χ3n) is 4.50. The Morgan fingerprint density at radius 2 is 2.05 bits per heavy atom. The summed E-state index contributed by atoms with van der Waals surface area (Å²) in [6, 6.07) is 10.7. The van der Waals surface area contributed by atoms with E-state index < -0.39 is 0 Å². The average Bonchev–Trinajstić information content (AvgIpc) is 3.07. The lowest BCUT2D eigenvalue weighted by molar-refractivity contribution is 0.0842. The Morgan fingerprint density at radius 3 is 2.64 bits per heavy atom. The second-order valence-electron chi connectivity index (χ2n) is 6.42. The Labute approximate surface area is 132 Å². The second-order valence-corrected chi connectivity index (χ2v) is 6.42. The molecule has 2 aromatic rings. The first kappa shape index (κ1) is 15.3. The van der Waals surface area contributed by atoms with Gasteiger partial charge >= 0.3 is 7.12 Å². The van der Waals surface area contributed by atoms with Crippen LogP contribution in [0, 0.1) is 0 Å². The molecular formula is C17H23BN2O2. The number of benzene rings is 1. The Balaban J connectivity index is 1.82. The van der Waals surface area contributed by atoms with E-state index >= 15 is 0 Å². The van der Waals surface area contributed by atoms with Crippen molar-refractivity contribution in [3.8, 4) is 0 Å². The first-order chi connectivity index (χ1) is 10.5. The molecule has 1 aliphatic rings. The molecule has 4 nitrogen and oxygen atoms in total. The number of aromatic nitrogens is 2.